The van der Waals surface area contributed by atoms with E-state index in [-0.39, 0.29) is 17.0 Å². The van der Waals surface area contributed by atoms with Crippen LogP contribution in [0.3, 0.4) is 0 Å². The number of hydrogen-bond acceptors (Lipinski definition) is 4. The van der Waals surface area contributed by atoms with E-state index in [0.717, 1.165) is 6.61 Å². The Kier molecular flexibility index (Phi) is 2.00. The molecule has 0 bridgehead atoms. The van der Waals surface area contributed by atoms with E-state index >= 15 is 0 Å². The minimum atomic E-state index is -0.516. The number of hydrogen-bond donors (Lipinski definition) is 0. The summed E-state index contributed by atoms with van der Waals surface area (Å²) in [6.45, 7) is 4.28. The van der Waals surface area contributed by atoms with Crippen molar-refractivity contribution in [2.75, 3.05) is 6.61 Å². The Hall–Kier alpha value is -0.350. The molecule has 4 heteroatoms. The second-order valence-corrected chi connectivity index (χ2v) is 5.40. The molecule has 0 aromatic carbocycles. The first-order chi connectivity index (χ1) is 6.03. The Morgan fingerprint density at radius 1 is 1.62 bits per heavy atom. The van der Waals surface area contributed by atoms with E-state index in [1.165, 1.54) is 11.8 Å². The van der Waals surface area contributed by atoms with Gasteiger partial charge in [-0.15, -0.1) is 0 Å². The van der Waals surface area contributed by atoms with Crippen LogP contribution in [0.25, 0.3) is 0 Å². The van der Waals surface area contributed by atoms with Crippen LogP contribution in [-0.2, 0) is 14.3 Å². The van der Waals surface area contributed by atoms with Crippen LogP contribution in [0.4, 0.5) is 0 Å². The molecule has 0 aliphatic carbocycles. The zero-order valence-electron chi connectivity index (χ0n) is 7.70. The quantitative estimate of drug-likeness (QED) is 0.493. The van der Waals surface area contributed by atoms with Crippen molar-refractivity contribution in [2.45, 2.75) is 31.1 Å². The van der Waals surface area contributed by atoms with Crippen LogP contribution in [0.2, 0.25) is 0 Å². The summed E-state index contributed by atoms with van der Waals surface area (Å²) in [5.41, 5.74) is 0. The van der Waals surface area contributed by atoms with Crippen molar-refractivity contribution in [1.29, 1.82) is 0 Å². The Morgan fingerprint density at radius 2 is 2.23 bits per heavy atom. The number of Topliss-reactive ketones (excluding diaryl/α,β-unsaturated/α-hetero) is 1. The van der Waals surface area contributed by atoms with Crippen molar-refractivity contribution in [3.63, 3.8) is 0 Å². The normalized spacial score (nSPS) is 44.2. The lowest BCUT2D eigenvalue weighted by Gasteiger charge is -2.18. The standard InChI is InChI=1S/C9H12O3S/c1-5-7(10)9(2,13-8(5)11)3-6-4-12-6/h5-6H,3-4H2,1-2H3. The fourth-order valence-electron chi connectivity index (χ4n) is 1.69. The zero-order chi connectivity index (χ0) is 9.64. The van der Waals surface area contributed by atoms with Crippen LogP contribution in [0.1, 0.15) is 20.3 Å². The van der Waals surface area contributed by atoms with Gasteiger partial charge < -0.3 is 4.74 Å². The maximum atomic E-state index is 11.7. The Bertz CT molecular complexity index is 272. The molecule has 2 rings (SSSR count). The molecule has 0 N–H and O–H groups in total. The number of carbonyl (C=O) groups is 2. The number of ketones is 1. The summed E-state index contributed by atoms with van der Waals surface area (Å²) in [7, 11) is 0. The van der Waals surface area contributed by atoms with E-state index in [0.29, 0.717) is 6.42 Å². The van der Waals surface area contributed by atoms with Crippen molar-refractivity contribution >= 4 is 22.7 Å². The highest BCUT2D eigenvalue weighted by molar-refractivity contribution is 8.16. The number of rotatable bonds is 2. The lowest BCUT2D eigenvalue weighted by atomic mass is 9.92. The van der Waals surface area contributed by atoms with Crippen LogP contribution in [0, 0.1) is 5.92 Å². The van der Waals surface area contributed by atoms with Crippen molar-refractivity contribution in [3.05, 3.63) is 0 Å². The van der Waals surface area contributed by atoms with Gasteiger partial charge in [-0.25, -0.2) is 0 Å². The summed E-state index contributed by atoms with van der Waals surface area (Å²) in [5.74, 6) is -0.355. The minimum absolute atomic E-state index is 0.00755. The fraction of sp³-hybridized carbons (Fsp3) is 0.778. The van der Waals surface area contributed by atoms with E-state index in [4.69, 9.17) is 4.74 Å². The Labute approximate surface area is 81.2 Å². The van der Waals surface area contributed by atoms with Gasteiger partial charge in [0, 0.05) is 0 Å². The topological polar surface area (TPSA) is 46.7 Å². The monoisotopic (exact) mass is 200 g/mol. The summed E-state index contributed by atoms with van der Waals surface area (Å²) < 4.78 is 4.56. The van der Waals surface area contributed by atoms with E-state index in [9.17, 15) is 9.59 Å². The third-order valence-corrected chi connectivity index (χ3v) is 3.99. The van der Waals surface area contributed by atoms with E-state index < -0.39 is 10.7 Å². The average Bonchev–Trinajstić information content (AvgIpc) is 2.81. The number of thioether (sulfide) groups is 1. The molecule has 3 atom stereocenters. The molecule has 0 amide bonds. The van der Waals surface area contributed by atoms with Crippen LogP contribution in [0.15, 0.2) is 0 Å². The highest BCUT2D eigenvalue weighted by Crippen LogP contribution is 2.44. The van der Waals surface area contributed by atoms with Gasteiger partial charge in [0.25, 0.3) is 0 Å². The lowest BCUT2D eigenvalue weighted by molar-refractivity contribution is -0.127. The first-order valence-corrected chi connectivity index (χ1v) is 5.23. The van der Waals surface area contributed by atoms with E-state index in [1.807, 2.05) is 6.92 Å². The SMILES string of the molecule is CC1C(=O)SC(C)(CC2CO2)C1=O. The largest absolute Gasteiger partial charge is 0.373 e. The molecule has 13 heavy (non-hydrogen) atoms. The molecule has 2 heterocycles. The molecule has 3 nitrogen and oxygen atoms in total. The van der Waals surface area contributed by atoms with Gasteiger partial charge in [0.05, 0.1) is 23.4 Å². The van der Waals surface area contributed by atoms with Crippen LogP contribution >= 0.6 is 11.8 Å². The van der Waals surface area contributed by atoms with Gasteiger partial charge in [-0.3, -0.25) is 9.59 Å². The highest BCUT2D eigenvalue weighted by atomic mass is 32.2. The number of ether oxygens (including phenoxy) is 1. The molecule has 2 fully saturated rings. The third-order valence-electron chi connectivity index (χ3n) is 2.61. The van der Waals surface area contributed by atoms with E-state index in [2.05, 4.69) is 0 Å². The predicted molar refractivity (Wildman–Crippen MR) is 49.5 cm³/mol. The molecular formula is C9H12O3S. The number of carbonyl (C=O) groups excluding carboxylic acids is 2. The van der Waals surface area contributed by atoms with Gasteiger partial charge in [-0.1, -0.05) is 11.8 Å². The molecule has 72 valence electrons. The molecule has 2 aliphatic heterocycles. The van der Waals surface area contributed by atoms with Crippen LogP contribution in [-0.4, -0.2) is 28.4 Å². The van der Waals surface area contributed by atoms with Crippen molar-refractivity contribution in [2.24, 2.45) is 5.92 Å². The van der Waals surface area contributed by atoms with Crippen molar-refractivity contribution in [1.82, 2.24) is 0 Å². The third kappa shape index (κ3) is 1.53. The zero-order valence-corrected chi connectivity index (χ0v) is 8.52. The van der Waals surface area contributed by atoms with Gasteiger partial charge in [0.1, 0.15) is 0 Å². The molecule has 3 unspecified atom stereocenters. The van der Waals surface area contributed by atoms with Crippen molar-refractivity contribution < 1.29 is 14.3 Å². The average molecular weight is 200 g/mol. The smallest absolute Gasteiger partial charge is 0.200 e. The van der Waals surface area contributed by atoms with Gasteiger partial charge in [0.15, 0.2) is 10.9 Å². The maximum absolute atomic E-state index is 11.7. The molecule has 0 saturated carbocycles. The summed E-state index contributed by atoms with van der Waals surface area (Å²) in [4.78, 5) is 23.0. The lowest BCUT2D eigenvalue weighted by Crippen LogP contribution is -2.31. The maximum Gasteiger partial charge on any atom is 0.200 e. The Morgan fingerprint density at radius 3 is 2.62 bits per heavy atom. The van der Waals surface area contributed by atoms with Gasteiger partial charge >= 0.3 is 0 Å². The van der Waals surface area contributed by atoms with Gasteiger partial charge in [0.2, 0.25) is 0 Å². The highest BCUT2D eigenvalue weighted by Gasteiger charge is 2.51. The summed E-state index contributed by atoms with van der Waals surface area (Å²) in [6.07, 6.45) is 0.895. The Balaban J connectivity index is 2.13. The summed E-state index contributed by atoms with van der Waals surface area (Å²) >= 11 is 1.18. The first kappa shape index (κ1) is 9.21. The second kappa shape index (κ2) is 2.82. The second-order valence-electron chi connectivity index (χ2n) is 3.90. The van der Waals surface area contributed by atoms with Gasteiger partial charge in [-0.2, -0.15) is 0 Å². The van der Waals surface area contributed by atoms with Crippen LogP contribution < -0.4 is 0 Å². The van der Waals surface area contributed by atoms with Crippen molar-refractivity contribution in [3.8, 4) is 0 Å². The summed E-state index contributed by atoms with van der Waals surface area (Å²) in [6, 6.07) is 0. The molecular weight excluding hydrogens is 188 g/mol. The molecule has 0 radical (unpaired) electrons. The molecule has 2 aliphatic rings. The van der Waals surface area contributed by atoms with Crippen LogP contribution in [0.5, 0.6) is 0 Å². The number of epoxide rings is 1. The fourth-order valence-corrected chi connectivity index (χ4v) is 2.96. The van der Waals surface area contributed by atoms with E-state index in [1.54, 1.807) is 6.92 Å². The van der Waals surface area contributed by atoms with Gasteiger partial charge in [-0.05, 0) is 20.3 Å². The molecule has 0 spiro atoms. The summed E-state index contributed by atoms with van der Waals surface area (Å²) in [5, 5.41) is 0.00755. The molecule has 2 saturated heterocycles. The molecule has 0 aromatic heterocycles. The predicted octanol–water partition coefficient (Wildman–Crippen LogP) is 1.01. The molecule has 0 aromatic rings. The first-order valence-electron chi connectivity index (χ1n) is 4.42. The minimum Gasteiger partial charge on any atom is -0.373 e.